The highest BCUT2D eigenvalue weighted by Crippen LogP contribution is 2.19. The van der Waals surface area contributed by atoms with E-state index in [1.165, 1.54) is 5.56 Å². The Kier molecular flexibility index (Phi) is 5.62. The first kappa shape index (κ1) is 16.3. The highest BCUT2D eigenvalue weighted by atomic mass is 16.5. The minimum absolute atomic E-state index is 0.223. The van der Waals surface area contributed by atoms with Crippen LogP contribution in [0.5, 0.6) is 5.75 Å². The summed E-state index contributed by atoms with van der Waals surface area (Å²) in [5, 5.41) is 10.2. The molecule has 0 unspecified atom stereocenters. The molecule has 0 aromatic heterocycles. The molecule has 118 valence electrons. The number of aryl methyl sites for hydroxylation is 2. The Morgan fingerprint density at radius 3 is 2.57 bits per heavy atom. The van der Waals surface area contributed by atoms with E-state index in [9.17, 15) is 5.11 Å². The van der Waals surface area contributed by atoms with Gasteiger partial charge < -0.3 is 14.6 Å². The van der Waals surface area contributed by atoms with Gasteiger partial charge >= 0.3 is 0 Å². The van der Waals surface area contributed by atoms with Crippen LogP contribution in [0.4, 0.5) is 0 Å². The van der Waals surface area contributed by atoms with Gasteiger partial charge in [-0.1, -0.05) is 17.7 Å². The molecule has 0 aliphatic carbocycles. The summed E-state index contributed by atoms with van der Waals surface area (Å²) in [7, 11) is 0. The minimum Gasteiger partial charge on any atom is -0.491 e. The lowest BCUT2D eigenvalue weighted by molar-refractivity contribution is -0.0786. The summed E-state index contributed by atoms with van der Waals surface area (Å²) in [5.74, 6) is 0.850. The number of aliphatic hydroxyl groups excluding tert-OH is 1. The zero-order valence-electron chi connectivity index (χ0n) is 13.5. The van der Waals surface area contributed by atoms with Gasteiger partial charge in [0.05, 0.1) is 12.2 Å². The first-order valence-corrected chi connectivity index (χ1v) is 7.70. The number of nitrogens with zero attached hydrogens (tertiary/aromatic N) is 1. The summed E-state index contributed by atoms with van der Waals surface area (Å²) in [6.07, 6.45) is -0.0365. The molecule has 0 bridgehead atoms. The van der Waals surface area contributed by atoms with Crippen LogP contribution in [0.3, 0.4) is 0 Å². The van der Waals surface area contributed by atoms with Crippen molar-refractivity contribution in [1.82, 2.24) is 4.90 Å². The van der Waals surface area contributed by atoms with Crippen molar-refractivity contribution in [3.8, 4) is 5.75 Å². The van der Waals surface area contributed by atoms with Crippen LogP contribution in [0.25, 0.3) is 0 Å². The van der Waals surface area contributed by atoms with Crippen LogP contribution < -0.4 is 4.74 Å². The predicted octanol–water partition coefficient (Wildman–Crippen LogP) is 2.15. The van der Waals surface area contributed by atoms with E-state index < -0.39 is 6.10 Å². The monoisotopic (exact) mass is 293 g/mol. The second-order valence-electron chi connectivity index (χ2n) is 6.21. The zero-order chi connectivity index (χ0) is 15.4. The molecule has 4 nitrogen and oxygen atoms in total. The largest absolute Gasteiger partial charge is 0.491 e. The first-order valence-electron chi connectivity index (χ1n) is 7.70. The number of β-amino-alcohol motifs (C(OH)–C–C–N with tert-alkyl or cyclic N) is 1. The maximum atomic E-state index is 10.2. The number of hydrogen-bond acceptors (Lipinski definition) is 4. The smallest absolute Gasteiger partial charge is 0.122 e. The van der Waals surface area contributed by atoms with Gasteiger partial charge in [0, 0.05) is 19.6 Å². The third-order valence-corrected chi connectivity index (χ3v) is 3.73. The van der Waals surface area contributed by atoms with Gasteiger partial charge in [-0.05, 0) is 39.3 Å². The van der Waals surface area contributed by atoms with E-state index in [0.717, 1.165) is 24.4 Å². The molecule has 21 heavy (non-hydrogen) atoms. The van der Waals surface area contributed by atoms with Crippen molar-refractivity contribution < 1.29 is 14.6 Å². The third kappa shape index (κ3) is 4.99. The van der Waals surface area contributed by atoms with E-state index in [4.69, 9.17) is 9.47 Å². The highest BCUT2D eigenvalue weighted by molar-refractivity contribution is 5.35. The number of hydrogen-bond donors (Lipinski definition) is 1. The maximum absolute atomic E-state index is 10.2. The van der Waals surface area contributed by atoms with E-state index in [1.807, 2.05) is 19.1 Å². The van der Waals surface area contributed by atoms with Crippen LogP contribution in [-0.2, 0) is 4.74 Å². The van der Waals surface area contributed by atoms with E-state index in [2.05, 4.69) is 31.7 Å². The topological polar surface area (TPSA) is 41.9 Å². The maximum Gasteiger partial charge on any atom is 0.122 e. The summed E-state index contributed by atoms with van der Waals surface area (Å²) in [6.45, 7) is 10.9. The molecule has 1 N–H and O–H groups in total. The molecule has 0 spiro atoms. The molecule has 1 aliphatic rings. The summed E-state index contributed by atoms with van der Waals surface area (Å²) in [5.41, 5.74) is 2.33. The lowest BCUT2D eigenvalue weighted by atomic mass is 10.1. The minimum atomic E-state index is -0.483. The first-order chi connectivity index (χ1) is 9.94. The molecule has 1 aromatic carbocycles. The molecular formula is C17H27NO3. The Morgan fingerprint density at radius 1 is 1.29 bits per heavy atom. The molecule has 4 heteroatoms. The number of aliphatic hydroxyl groups is 1. The number of morpholine rings is 1. The Labute approximate surface area is 127 Å². The molecule has 1 heterocycles. The number of ether oxygens (including phenoxy) is 2. The van der Waals surface area contributed by atoms with Gasteiger partial charge in [0.1, 0.15) is 18.5 Å². The van der Waals surface area contributed by atoms with Crippen LogP contribution in [0.15, 0.2) is 18.2 Å². The molecular weight excluding hydrogens is 266 g/mol. The summed E-state index contributed by atoms with van der Waals surface area (Å²) in [4.78, 5) is 2.24. The second-order valence-corrected chi connectivity index (χ2v) is 6.21. The van der Waals surface area contributed by atoms with E-state index in [1.54, 1.807) is 0 Å². The van der Waals surface area contributed by atoms with Crippen molar-refractivity contribution in [3.05, 3.63) is 29.3 Å². The quantitative estimate of drug-likeness (QED) is 0.903. The van der Waals surface area contributed by atoms with Crippen molar-refractivity contribution >= 4 is 0 Å². The molecule has 0 saturated carbocycles. The van der Waals surface area contributed by atoms with Gasteiger partial charge in [-0.3, -0.25) is 4.90 Å². The molecule has 1 aliphatic heterocycles. The molecule has 3 atom stereocenters. The highest BCUT2D eigenvalue weighted by Gasteiger charge is 2.23. The van der Waals surface area contributed by atoms with Crippen molar-refractivity contribution in [2.24, 2.45) is 0 Å². The molecule has 0 radical (unpaired) electrons. The van der Waals surface area contributed by atoms with E-state index in [0.29, 0.717) is 13.2 Å². The van der Waals surface area contributed by atoms with Crippen molar-refractivity contribution in [2.45, 2.75) is 46.0 Å². The Balaban J connectivity index is 1.80. The van der Waals surface area contributed by atoms with Crippen molar-refractivity contribution in [1.29, 1.82) is 0 Å². The fourth-order valence-electron chi connectivity index (χ4n) is 2.93. The van der Waals surface area contributed by atoms with Crippen LogP contribution in [0.2, 0.25) is 0 Å². The average Bonchev–Trinajstić information content (AvgIpc) is 2.36. The Hall–Kier alpha value is -1.10. The molecule has 1 saturated heterocycles. The lowest BCUT2D eigenvalue weighted by Gasteiger charge is -2.36. The molecule has 1 fully saturated rings. The van der Waals surface area contributed by atoms with Crippen molar-refractivity contribution in [2.75, 3.05) is 26.2 Å². The SMILES string of the molecule is Cc1ccc(OC[C@@H](O)CN2C[C@@H](C)O[C@H](C)C2)c(C)c1. The summed E-state index contributed by atoms with van der Waals surface area (Å²) >= 11 is 0. The number of rotatable bonds is 5. The fraction of sp³-hybridized carbons (Fsp3) is 0.647. The standard InChI is InChI=1S/C17H27NO3/c1-12-5-6-17(13(2)7-12)20-11-16(19)10-18-8-14(3)21-15(4)9-18/h5-7,14-16,19H,8-11H2,1-4H3/t14-,15-,16+/m1/s1. The van der Waals surface area contributed by atoms with Gasteiger partial charge in [0.15, 0.2) is 0 Å². The normalized spacial score (nSPS) is 24.8. The van der Waals surface area contributed by atoms with Crippen molar-refractivity contribution in [3.63, 3.8) is 0 Å². The van der Waals surface area contributed by atoms with Gasteiger partial charge in [0.2, 0.25) is 0 Å². The van der Waals surface area contributed by atoms with Gasteiger partial charge in [-0.25, -0.2) is 0 Å². The average molecular weight is 293 g/mol. The second kappa shape index (κ2) is 7.25. The van der Waals surface area contributed by atoms with Gasteiger partial charge in [-0.15, -0.1) is 0 Å². The van der Waals surface area contributed by atoms with Crippen LogP contribution >= 0.6 is 0 Å². The molecule has 0 amide bonds. The van der Waals surface area contributed by atoms with Gasteiger partial charge in [0.25, 0.3) is 0 Å². The fourth-order valence-corrected chi connectivity index (χ4v) is 2.93. The van der Waals surface area contributed by atoms with E-state index in [-0.39, 0.29) is 12.2 Å². The van der Waals surface area contributed by atoms with Gasteiger partial charge in [-0.2, -0.15) is 0 Å². The van der Waals surface area contributed by atoms with E-state index >= 15 is 0 Å². The third-order valence-electron chi connectivity index (χ3n) is 3.73. The van der Waals surface area contributed by atoms with Crippen LogP contribution in [0.1, 0.15) is 25.0 Å². The number of benzene rings is 1. The van der Waals surface area contributed by atoms with Crippen LogP contribution in [-0.4, -0.2) is 54.6 Å². The Bertz CT molecular complexity index is 453. The summed E-state index contributed by atoms with van der Waals surface area (Å²) in [6, 6.07) is 6.09. The lowest BCUT2D eigenvalue weighted by Crippen LogP contribution is -2.48. The zero-order valence-corrected chi connectivity index (χ0v) is 13.5. The summed E-state index contributed by atoms with van der Waals surface area (Å²) < 4.78 is 11.4. The van der Waals surface area contributed by atoms with Crippen LogP contribution in [0, 0.1) is 13.8 Å². The predicted molar refractivity (Wildman–Crippen MR) is 83.9 cm³/mol. The Morgan fingerprint density at radius 2 is 1.95 bits per heavy atom. The molecule has 2 rings (SSSR count). The molecule has 1 aromatic rings.